The second-order valence-electron chi connectivity index (χ2n) is 20.7. The average molecular weight is 755 g/mol. The summed E-state index contributed by atoms with van der Waals surface area (Å²) >= 11 is 0. The largest absolute Gasteiger partial charge is 0.497 e. The van der Waals surface area contributed by atoms with Gasteiger partial charge < -0.3 is 19.0 Å². The van der Waals surface area contributed by atoms with Gasteiger partial charge in [-0.15, -0.1) is 10.2 Å². The fourth-order valence-corrected chi connectivity index (χ4v) is 14.3. The number of methoxy groups -OCH3 is 1. The highest BCUT2D eigenvalue weighted by molar-refractivity contribution is 6.01. The van der Waals surface area contributed by atoms with E-state index >= 15 is 0 Å². The first-order valence-corrected chi connectivity index (χ1v) is 21.0. The highest BCUT2D eigenvalue weighted by atomic mass is 16.5. The molecule has 0 spiro atoms. The quantitative estimate of drug-likeness (QED) is 0.275. The fraction of sp³-hybridized carbons (Fsp3) is 0.717. The molecule has 8 rings (SSSR count). The summed E-state index contributed by atoms with van der Waals surface area (Å²) in [7, 11) is 1.65. The first-order chi connectivity index (χ1) is 25.8. The lowest BCUT2D eigenvalue weighted by molar-refractivity contribution is -0.235. The van der Waals surface area contributed by atoms with Crippen LogP contribution in [0.2, 0.25) is 0 Å². The van der Waals surface area contributed by atoms with Crippen molar-refractivity contribution >= 4 is 17.7 Å². The van der Waals surface area contributed by atoms with Gasteiger partial charge in [-0.3, -0.25) is 14.4 Å². The van der Waals surface area contributed by atoms with Crippen molar-refractivity contribution in [1.29, 1.82) is 0 Å². The van der Waals surface area contributed by atoms with E-state index in [1.807, 2.05) is 38.1 Å². The van der Waals surface area contributed by atoms with E-state index < -0.39 is 22.7 Å². The minimum atomic E-state index is -0.829. The Morgan fingerprint density at radius 2 is 1.55 bits per heavy atom. The summed E-state index contributed by atoms with van der Waals surface area (Å²) in [4.78, 5) is 39.6. The number of carbonyl (C=O) groups excluding carboxylic acids is 2. The van der Waals surface area contributed by atoms with E-state index in [9.17, 15) is 19.5 Å². The van der Waals surface area contributed by atoms with Gasteiger partial charge >= 0.3 is 11.9 Å². The molecule has 5 saturated carbocycles. The van der Waals surface area contributed by atoms with E-state index in [-0.39, 0.29) is 57.3 Å². The van der Waals surface area contributed by atoms with Gasteiger partial charge in [0.1, 0.15) is 11.9 Å². The van der Waals surface area contributed by atoms with Crippen LogP contribution in [-0.2, 0) is 24.5 Å². The van der Waals surface area contributed by atoms with Gasteiger partial charge in [0.05, 0.1) is 24.4 Å². The summed E-state index contributed by atoms with van der Waals surface area (Å²) in [6.45, 7) is 20.4. The summed E-state index contributed by atoms with van der Waals surface area (Å²) in [5.74, 6) is 1.35. The molecule has 6 aliphatic rings. The third-order valence-electron chi connectivity index (χ3n) is 17.6. The van der Waals surface area contributed by atoms with Crippen LogP contribution >= 0.6 is 0 Å². The normalized spacial score (nSPS) is 40.0. The summed E-state index contributed by atoms with van der Waals surface area (Å²) in [6.07, 6.45) is 8.48. The lowest BCUT2D eigenvalue weighted by atomic mass is 9.33. The lowest BCUT2D eigenvalue weighted by Gasteiger charge is -2.72. The number of fused-ring (bicyclic) bond motifs is 7. The summed E-state index contributed by atoms with van der Waals surface area (Å²) in [5, 5.41) is 18.9. The highest BCUT2D eigenvalue weighted by Gasteiger charge is 2.71. The molecule has 10 atom stereocenters. The molecule has 0 bridgehead atoms. The van der Waals surface area contributed by atoms with E-state index in [0.29, 0.717) is 36.5 Å². The van der Waals surface area contributed by atoms with Gasteiger partial charge in [0, 0.05) is 17.4 Å². The van der Waals surface area contributed by atoms with Crippen LogP contribution in [0.15, 0.2) is 39.8 Å². The molecular formula is C46H62N2O7. The van der Waals surface area contributed by atoms with E-state index in [1.165, 1.54) is 5.57 Å². The number of hydrogen-bond donors (Lipinski definition) is 1. The number of ketones is 1. The maximum Gasteiger partial charge on any atom is 0.309 e. The first kappa shape index (κ1) is 38.4. The molecule has 1 heterocycles. The molecule has 0 unspecified atom stereocenters. The molecule has 0 saturated heterocycles. The molecule has 1 N–H and O–H groups in total. The fourth-order valence-electron chi connectivity index (χ4n) is 14.3. The van der Waals surface area contributed by atoms with Gasteiger partial charge in [-0.05, 0) is 139 Å². The Balaban J connectivity index is 1.08. The third kappa shape index (κ3) is 5.18. The van der Waals surface area contributed by atoms with Crippen molar-refractivity contribution in [2.45, 2.75) is 138 Å². The number of carboxylic acid groups (broad SMARTS) is 1. The van der Waals surface area contributed by atoms with Gasteiger partial charge in [-0.2, -0.15) is 0 Å². The van der Waals surface area contributed by atoms with Crippen molar-refractivity contribution < 1.29 is 33.4 Å². The van der Waals surface area contributed by atoms with Crippen LogP contribution in [0.1, 0.15) is 132 Å². The molecule has 0 aliphatic heterocycles. The smallest absolute Gasteiger partial charge is 0.309 e. The van der Waals surface area contributed by atoms with Crippen LogP contribution in [0.3, 0.4) is 0 Å². The molecule has 5 fully saturated rings. The number of Topliss-reactive ketones (excluding diaryl/α,β-unsaturated/α-hetero) is 1. The third-order valence-corrected chi connectivity index (χ3v) is 17.6. The van der Waals surface area contributed by atoms with Crippen LogP contribution in [-0.4, -0.2) is 46.2 Å². The van der Waals surface area contributed by atoms with Crippen LogP contribution in [0.25, 0.3) is 11.5 Å². The summed E-state index contributed by atoms with van der Waals surface area (Å²) < 4.78 is 18.4. The average Bonchev–Trinajstić information content (AvgIpc) is 3.73. The molecular weight excluding hydrogens is 693 g/mol. The van der Waals surface area contributed by atoms with Crippen molar-refractivity contribution in [2.24, 2.45) is 62.6 Å². The minimum Gasteiger partial charge on any atom is -0.497 e. The number of esters is 1. The van der Waals surface area contributed by atoms with Gasteiger partial charge in [0.2, 0.25) is 11.8 Å². The highest BCUT2D eigenvalue weighted by Crippen LogP contribution is 2.77. The molecule has 9 nitrogen and oxygen atoms in total. The zero-order valence-corrected chi connectivity index (χ0v) is 34.7. The monoisotopic (exact) mass is 754 g/mol. The zero-order chi connectivity index (χ0) is 39.7. The first-order valence-electron chi connectivity index (χ1n) is 21.0. The predicted molar refractivity (Wildman–Crippen MR) is 208 cm³/mol. The maximum absolute atomic E-state index is 14.2. The van der Waals surface area contributed by atoms with E-state index in [4.69, 9.17) is 19.0 Å². The molecule has 298 valence electrons. The van der Waals surface area contributed by atoms with Crippen LogP contribution in [0, 0.1) is 62.6 Å². The van der Waals surface area contributed by atoms with Crippen molar-refractivity contribution in [1.82, 2.24) is 10.2 Å². The Bertz CT molecular complexity index is 1940. The number of allylic oxidation sites excluding steroid dienone is 2. The number of aromatic nitrogens is 2. The molecule has 0 amide bonds. The van der Waals surface area contributed by atoms with Crippen molar-refractivity contribution in [2.75, 3.05) is 7.11 Å². The second kappa shape index (κ2) is 12.5. The standard InChI is InChI=1S/C46H62N2O7/c1-25(2)35-31(49)24-46(40-48-47-37(55-40)26-11-13-27(53-10)14-12-26)22-21-44(8)28(36(35)46)15-16-33-43(7)19-18-34(42(5,6)32(43)17-20-45(33,44)9)54-39(52)30-23-29(38(50)51)41(30,3)4/h11-14,25,28-30,32-34H,15-24H2,1-10H3,(H,50,51)/t28-,29+,30-,32+,33-,34+,43+,44-,45-,46-/m1/s1. The number of aliphatic carboxylic acids is 1. The number of carboxylic acids is 1. The SMILES string of the molecule is COc1ccc(-c2nnc([C@@]34CC[C@]5(C)[C@H](CC[C@@H]6[C@@]7(C)CC[C@H](OC(=O)[C@H]8C[C@@H](C(=O)O)C8(C)C)C(C)(C)[C@@H]7CC[C@]65C)C3=C(C(C)C)C(=O)C4)o2)cc1. The molecule has 1 aromatic carbocycles. The van der Waals surface area contributed by atoms with E-state index in [1.54, 1.807) is 7.11 Å². The second-order valence-corrected chi connectivity index (χ2v) is 20.7. The van der Waals surface area contributed by atoms with Gasteiger partial charge in [0.25, 0.3) is 0 Å². The Labute approximate surface area is 326 Å². The Morgan fingerprint density at radius 1 is 0.836 bits per heavy atom. The van der Waals surface area contributed by atoms with Crippen LogP contribution < -0.4 is 4.74 Å². The number of rotatable bonds is 7. The number of carbonyl (C=O) groups is 3. The topological polar surface area (TPSA) is 129 Å². The lowest BCUT2D eigenvalue weighted by Crippen LogP contribution is -2.66. The van der Waals surface area contributed by atoms with Gasteiger partial charge in [-0.25, -0.2) is 0 Å². The molecule has 2 aromatic rings. The molecule has 1 aromatic heterocycles. The van der Waals surface area contributed by atoms with Gasteiger partial charge in [-0.1, -0.05) is 62.3 Å². The number of nitrogens with zero attached hydrogens (tertiary/aromatic N) is 2. The predicted octanol–water partition coefficient (Wildman–Crippen LogP) is 9.64. The Kier molecular flexibility index (Phi) is 8.73. The van der Waals surface area contributed by atoms with E-state index in [2.05, 4.69) is 53.6 Å². The van der Waals surface area contributed by atoms with Gasteiger partial charge in [0.15, 0.2) is 5.78 Å². The number of ether oxygens (including phenoxy) is 2. The molecule has 55 heavy (non-hydrogen) atoms. The molecule has 9 heteroatoms. The van der Waals surface area contributed by atoms with Crippen LogP contribution in [0.4, 0.5) is 0 Å². The number of benzene rings is 1. The minimum absolute atomic E-state index is 0.0176. The van der Waals surface area contributed by atoms with Crippen LogP contribution in [0.5, 0.6) is 5.75 Å². The molecule has 0 radical (unpaired) electrons. The number of hydrogen-bond acceptors (Lipinski definition) is 8. The van der Waals surface area contributed by atoms with E-state index in [0.717, 1.165) is 68.3 Å². The zero-order valence-electron chi connectivity index (χ0n) is 34.7. The Morgan fingerprint density at radius 3 is 2.18 bits per heavy atom. The van der Waals surface area contributed by atoms with Crippen molar-refractivity contribution in [3.05, 3.63) is 41.3 Å². The summed E-state index contributed by atoms with van der Waals surface area (Å²) in [6, 6.07) is 7.66. The molecule has 6 aliphatic carbocycles. The van der Waals surface area contributed by atoms with Crippen molar-refractivity contribution in [3.63, 3.8) is 0 Å². The Hall–Kier alpha value is -3.49. The maximum atomic E-state index is 14.2. The summed E-state index contributed by atoms with van der Waals surface area (Å²) in [5.41, 5.74) is 1.83. The van der Waals surface area contributed by atoms with Crippen molar-refractivity contribution in [3.8, 4) is 17.2 Å².